The summed E-state index contributed by atoms with van der Waals surface area (Å²) in [4.78, 5) is 0. The molecule has 0 aromatic heterocycles. The number of hydrogen-bond acceptors (Lipinski definition) is 2. The summed E-state index contributed by atoms with van der Waals surface area (Å²) < 4.78 is 5.68. The molecule has 1 heterocycles. The van der Waals surface area contributed by atoms with E-state index in [1.54, 1.807) is 0 Å². The van der Waals surface area contributed by atoms with Crippen molar-refractivity contribution in [2.24, 2.45) is 5.92 Å². The first-order valence-corrected chi connectivity index (χ1v) is 4.68. The minimum atomic E-state index is 0.260. The average molecular weight is 177 g/mol. The van der Waals surface area contributed by atoms with E-state index in [4.69, 9.17) is 10.5 Å². The molecule has 1 aromatic rings. The second-order valence-electron chi connectivity index (χ2n) is 3.93. The van der Waals surface area contributed by atoms with Crippen molar-refractivity contribution < 1.29 is 4.74 Å². The van der Waals surface area contributed by atoms with Crippen molar-refractivity contribution in [1.82, 2.24) is 0 Å². The molecule has 1 atom stereocenters. The summed E-state index contributed by atoms with van der Waals surface area (Å²) in [7, 11) is 0. The van der Waals surface area contributed by atoms with Crippen LogP contribution < -0.4 is 5.73 Å². The number of nitrogens with two attached hydrogens (primary N) is 1. The van der Waals surface area contributed by atoms with Gasteiger partial charge >= 0.3 is 0 Å². The molecular weight excluding hydrogens is 162 g/mol. The van der Waals surface area contributed by atoms with Gasteiger partial charge in [0.2, 0.25) is 0 Å². The van der Waals surface area contributed by atoms with Gasteiger partial charge in [-0.15, -0.1) is 0 Å². The number of hydrogen-bond donors (Lipinski definition) is 1. The number of anilines is 1. The fraction of sp³-hybridized carbons (Fsp3) is 0.455. The Kier molecular flexibility index (Phi) is 2.00. The van der Waals surface area contributed by atoms with Gasteiger partial charge in [0, 0.05) is 5.69 Å². The molecule has 2 heteroatoms. The molecule has 2 rings (SSSR count). The number of rotatable bonds is 1. The van der Waals surface area contributed by atoms with Crippen LogP contribution in [0.2, 0.25) is 0 Å². The molecule has 13 heavy (non-hydrogen) atoms. The summed E-state index contributed by atoms with van der Waals surface area (Å²) in [6.07, 6.45) is 0.260. The first kappa shape index (κ1) is 8.57. The Bertz CT molecular complexity index is 320. The van der Waals surface area contributed by atoms with Crippen LogP contribution in [0.3, 0.4) is 0 Å². The van der Waals surface area contributed by atoms with Gasteiger partial charge in [0.05, 0.1) is 12.7 Å². The van der Waals surface area contributed by atoms with E-state index in [1.807, 2.05) is 12.1 Å². The van der Waals surface area contributed by atoms with Gasteiger partial charge in [0.1, 0.15) is 0 Å². The van der Waals surface area contributed by atoms with Crippen molar-refractivity contribution in [3.8, 4) is 0 Å². The van der Waals surface area contributed by atoms with E-state index in [0.717, 1.165) is 5.69 Å². The molecule has 0 aliphatic carbocycles. The van der Waals surface area contributed by atoms with Gasteiger partial charge in [0.25, 0.3) is 0 Å². The lowest BCUT2D eigenvalue weighted by Gasteiger charge is -2.14. The maximum absolute atomic E-state index is 5.70. The fourth-order valence-electron chi connectivity index (χ4n) is 1.85. The maximum atomic E-state index is 5.70. The van der Waals surface area contributed by atoms with Crippen LogP contribution in [0, 0.1) is 5.92 Å². The Morgan fingerprint density at radius 1 is 1.46 bits per heavy atom. The second-order valence-corrected chi connectivity index (χ2v) is 3.93. The van der Waals surface area contributed by atoms with E-state index in [9.17, 15) is 0 Å². The molecule has 2 N–H and O–H groups in total. The van der Waals surface area contributed by atoms with E-state index in [-0.39, 0.29) is 6.10 Å². The molecule has 2 nitrogen and oxygen atoms in total. The van der Waals surface area contributed by atoms with E-state index in [2.05, 4.69) is 19.9 Å². The first-order valence-electron chi connectivity index (χ1n) is 4.68. The Hall–Kier alpha value is -1.02. The van der Waals surface area contributed by atoms with Gasteiger partial charge in [0.15, 0.2) is 0 Å². The molecule has 1 aliphatic heterocycles. The van der Waals surface area contributed by atoms with Gasteiger partial charge in [-0.25, -0.2) is 0 Å². The van der Waals surface area contributed by atoms with Crippen LogP contribution in [0.15, 0.2) is 18.2 Å². The summed E-state index contributed by atoms with van der Waals surface area (Å²) in [6.45, 7) is 5.06. The highest BCUT2D eigenvalue weighted by Crippen LogP contribution is 2.36. The summed E-state index contributed by atoms with van der Waals surface area (Å²) in [5, 5.41) is 0. The minimum absolute atomic E-state index is 0.260. The van der Waals surface area contributed by atoms with Crippen LogP contribution in [-0.4, -0.2) is 0 Å². The zero-order valence-corrected chi connectivity index (χ0v) is 8.08. The van der Waals surface area contributed by atoms with Crippen molar-refractivity contribution in [3.63, 3.8) is 0 Å². The molecule has 0 saturated heterocycles. The van der Waals surface area contributed by atoms with E-state index in [1.165, 1.54) is 11.1 Å². The lowest BCUT2D eigenvalue weighted by atomic mass is 9.97. The van der Waals surface area contributed by atoms with Crippen LogP contribution in [0.1, 0.15) is 31.1 Å². The van der Waals surface area contributed by atoms with Crippen molar-refractivity contribution >= 4 is 5.69 Å². The zero-order valence-electron chi connectivity index (χ0n) is 8.08. The van der Waals surface area contributed by atoms with Crippen molar-refractivity contribution in [3.05, 3.63) is 29.3 Å². The summed E-state index contributed by atoms with van der Waals surface area (Å²) >= 11 is 0. The molecule has 1 aliphatic rings. The Morgan fingerprint density at radius 2 is 2.23 bits per heavy atom. The van der Waals surface area contributed by atoms with Gasteiger partial charge in [-0.1, -0.05) is 19.9 Å². The normalized spacial score (nSPS) is 20.7. The Morgan fingerprint density at radius 3 is 2.92 bits per heavy atom. The summed E-state index contributed by atoms with van der Waals surface area (Å²) in [5.41, 5.74) is 9.08. The topological polar surface area (TPSA) is 35.2 Å². The van der Waals surface area contributed by atoms with E-state index < -0.39 is 0 Å². The van der Waals surface area contributed by atoms with Crippen molar-refractivity contribution in [1.29, 1.82) is 0 Å². The quantitative estimate of drug-likeness (QED) is 0.669. The van der Waals surface area contributed by atoms with Crippen LogP contribution in [0.25, 0.3) is 0 Å². The number of fused-ring (bicyclic) bond motifs is 1. The third-order valence-corrected chi connectivity index (χ3v) is 2.50. The average Bonchev–Trinajstić information content (AvgIpc) is 2.46. The standard InChI is InChI=1S/C11H15NO/c1-7(2)11-10-4-3-9(12)5-8(10)6-13-11/h3-5,7,11H,6,12H2,1-2H3. The van der Waals surface area contributed by atoms with E-state index >= 15 is 0 Å². The number of nitrogen functional groups attached to an aromatic ring is 1. The van der Waals surface area contributed by atoms with Crippen molar-refractivity contribution in [2.45, 2.75) is 26.6 Å². The monoisotopic (exact) mass is 177 g/mol. The molecule has 0 fully saturated rings. The molecule has 0 saturated carbocycles. The van der Waals surface area contributed by atoms with E-state index in [0.29, 0.717) is 12.5 Å². The molecule has 1 unspecified atom stereocenters. The predicted octanol–water partition coefficient (Wildman–Crippen LogP) is 2.50. The lowest BCUT2D eigenvalue weighted by Crippen LogP contribution is -2.04. The minimum Gasteiger partial charge on any atom is -0.399 e. The SMILES string of the molecule is CC(C)C1OCc2cc(N)ccc21. The molecular formula is C11H15NO. The van der Waals surface area contributed by atoms with Crippen LogP contribution in [0.5, 0.6) is 0 Å². The molecule has 1 aromatic carbocycles. The maximum Gasteiger partial charge on any atom is 0.0855 e. The third kappa shape index (κ3) is 1.42. The summed E-state index contributed by atoms with van der Waals surface area (Å²) in [6, 6.07) is 6.04. The first-order chi connectivity index (χ1) is 6.18. The van der Waals surface area contributed by atoms with Gasteiger partial charge in [-0.05, 0) is 29.2 Å². The van der Waals surface area contributed by atoms with Gasteiger partial charge in [-0.2, -0.15) is 0 Å². The highest BCUT2D eigenvalue weighted by Gasteiger charge is 2.25. The number of ether oxygens (including phenoxy) is 1. The highest BCUT2D eigenvalue weighted by atomic mass is 16.5. The van der Waals surface area contributed by atoms with Gasteiger partial charge in [-0.3, -0.25) is 0 Å². The molecule has 0 amide bonds. The zero-order chi connectivity index (χ0) is 9.42. The van der Waals surface area contributed by atoms with Crippen LogP contribution >= 0.6 is 0 Å². The molecule has 0 spiro atoms. The Labute approximate surface area is 78.7 Å². The second kappa shape index (κ2) is 3.04. The smallest absolute Gasteiger partial charge is 0.0855 e. The van der Waals surface area contributed by atoms with Crippen molar-refractivity contribution in [2.75, 3.05) is 5.73 Å². The highest BCUT2D eigenvalue weighted by molar-refractivity contribution is 5.46. The van der Waals surface area contributed by atoms with Crippen LogP contribution in [-0.2, 0) is 11.3 Å². The van der Waals surface area contributed by atoms with Crippen LogP contribution in [0.4, 0.5) is 5.69 Å². The third-order valence-electron chi connectivity index (χ3n) is 2.50. The summed E-state index contributed by atoms with van der Waals surface area (Å²) in [5.74, 6) is 0.532. The predicted molar refractivity (Wildman–Crippen MR) is 53.2 cm³/mol. The lowest BCUT2D eigenvalue weighted by molar-refractivity contribution is 0.0341. The Balaban J connectivity index is 2.38. The van der Waals surface area contributed by atoms with Gasteiger partial charge < -0.3 is 10.5 Å². The molecule has 0 bridgehead atoms. The molecule has 0 radical (unpaired) electrons. The molecule has 70 valence electrons. The largest absolute Gasteiger partial charge is 0.399 e. The fourth-order valence-corrected chi connectivity index (χ4v) is 1.85. The number of benzene rings is 1.